The van der Waals surface area contributed by atoms with Crippen LogP contribution in [0.15, 0.2) is 48.5 Å². The van der Waals surface area contributed by atoms with Crippen molar-refractivity contribution in [2.75, 3.05) is 26.7 Å². The smallest absolute Gasteiger partial charge is 0.257 e. The van der Waals surface area contributed by atoms with Crippen molar-refractivity contribution in [2.24, 2.45) is 0 Å². The first-order valence-electron chi connectivity index (χ1n) is 10.5. The summed E-state index contributed by atoms with van der Waals surface area (Å²) in [6, 6.07) is 14.5. The van der Waals surface area contributed by atoms with Crippen LogP contribution in [0, 0.1) is 5.82 Å². The van der Waals surface area contributed by atoms with E-state index in [4.69, 9.17) is 4.74 Å². The first-order valence-corrected chi connectivity index (χ1v) is 10.5. The summed E-state index contributed by atoms with van der Waals surface area (Å²) < 4.78 is 19.7. The van der Waals surface area contributed by atoms with Crippen LogP contribution < -0.4 is 4.74 Å². The molecule has 0 bridgehead atoms. The molecule has 1 aliphatic heterocycles. The number of para-hydroxylation sites is 1. The Morgan fingerprint density at radius 2 is 1.93 bits per heavy atom. The molecule has 0 radical (unpaired) electrons. The zero-order valence-corrected chi connectivity index (χ0v) is 17.4. The maximum absolute atomic E-state index is 14.3. The van der Waals surface area contributed by atoms with Gasteiger partial charge in [0.1, 0.15) is 11.6 Å². The Hall–Kier alpha value is -2.40. The zero-order valence-electron chi connectivity index (χ0n) is 17.4. The molecule has 1 fully saturated rings. The largest absolute Gasteiger partial charge is 0.496 e. The molecule has 156 valence electrons. The van der Waals surface area contributed by atoms with E-state index in [2.05, 4.69) is 11.8 Å². The summed E-state index contributed by atoms with van der Waals surface area (Å²) in [5.74, 6) is -0.0173. The van der Waals surface area contributed by atoms with Gasteiger partial charge in [0.2, 0.25) is 0 Å². The molecule has 2 aromatic rings. The SMILES string of the molecule is COc1ccccc1CN(CCCN1CCCCC1C)C(=O)c1ccccc1F. The van der Waals surface area contributed by atoms with E-state index in [-0.39, 0.29) is 11.5 Å². The highest BCUT2D eigenvalue weighted by Crippen LogP contribution is 2.22. The third kappa shape index (κ3) is 5.57. The molecule has 0 aliphatic carbocycles. The Labute approximate surface area is 173 Å². The lowest BCUT2D eigenvalue weighted by atomic mass is 10.0. The molecule has 1 atom stereocenters. The normalized spacial score (nSPS) is 17.1. The van der Waals surface area contributed by atoms with Crippen LogP contribution in [-0.2, 0) is 6.54 Å². The fraction of sp³-hybridized carbons (Fsp3) is 0.458. The number of hydrogen-bond acceptors (Lipinski definition) is 3. The van der Waals surface area contributed by atoms with E-state index in [0.717, 1.165) is 30.8 Å². The predicted molar refractivity (Wildman–Crippen MR) is 114 cm³/mol. The summed E-state index contributed by atoms with van der Waals surface area (Å²) in [6.45, 7) is 5.32. The average molecular weight is 399 g/mol. The molecule has 0 saturated carbocycles. The summed E-state index contributed by atoms with van der Waals surface area (Å²) in [5.41, 5.74) is 1.04. The lowest BCUT2D eigenvalue weighted by Crippen LogP contribution is -2.40. The molecular weight excluding hydrogens is 367 g/mol. The molecule has 2 aromatic carbocycles. The molecule has 1 unspecified atom stereocenters. The van der Waals surface area contributed by atoms with E-state index in [1.807, 2.05) is 24.3 Å². The average Bonchev–Trinajstić information content (AvgIpc) is 2.74. The zero-order chi connectivity index (χ0) is 20.6. The van der Waals surface area contributed by atoms with Crippen LogP contribution in [0.5, 0.6) is 5.75 Å². The first kappa shape index (κ1) is 21.3. The van der Waals surface area contributed by atoms with Crippen molar-refractivity contribution in [3.8, 4) is 5.75 Å². The van der Waals surface area contributed by atoms with Crippen molar-refractivity contribution in [1.82, 2.24) is 9.80 Å². The van der Waals surface area contributed by atoms with E-state index >= 15 is 0 Å². The Morgan fingerprint density at radius 3 is 2.69 bits per heavy atom. The number of methoxy groups -OCH3 is 1. The number of benzene rings is 2. The minimum absolute atomic E-state index is 0.119. The maximum atomic E-state index is 14.3. The number of piperidine rings is 1. The van der Waals surface area contributed by atoms with Crippen molar-refractivity contribution in [3.05, 3.63) is 65.5 Å². The van der Waals surface area contributed by atoms with Gasteiger partial charge in [0.25, 0.3) is 5.91 Å². The highest BCUT2D eigenvalue weighted by molar-refractivity contribution is 5.94. The van der Waals surface area contributed by atoms with Crippen LogP contribution in [0.25, 0.3) is 0 Å². The fourth-order valence-corrected chi connectivity index (χ4v) is 4.05. The highest BCUT2D eigenvalue weighted by Gasteiger charge is 2.22. The third-order valence-electron chi connectivity index (χ3n) is 5.76. The number of ether oxygens (including phenoxy) is 1. The molecule has 0 spiro atoms. The quantitative estimate of drug-likeness (QED) is 0.644. The molecule has 3 rings (SSSR count). The molecule has 0 N–H and O–H groups in total. The lowest BCUT2D eigenvalue weighted by Gasteiger charge is -2.34. The van der Waals surface area contributed by atoms with Gasteiger partial charge in [0.05, 0.1) is 12.7 Å². The van der Waals surface area contributed by atoms with E-state index < -0.39 is 5.82 Å². The number of rotatable bonds is 8. The molecule has 4 nitrogen and oxygen atoms in total. The van der Waals surface area contributed by atoms with Gasteiger partial charge in [-0.25, -0.2) is 4.39 Å². The summed E-state index contributed by atoms with van der Waals surface area (Å²) in [5, 5.41) is 0. The second-order valence-corrected chi connectivity index (χ2v) is 7.75. The molecule has 0 aromatic heterocycles. The molecule has 1 aliphatic rings. The van der Waals surface area contributed by atoms with Crippen LogP contribution in [0.3, 0.4) is 0 Å². The van der Waals surface area contributed by atoms with E-state index in [1.165, 1.54) is 25.3 Å². The molecular formula is C24H31FN2O2. The van der Waals surface area contributed by atoms with E-state index in [9.17, 15) is 9.18 Å². The second-order valence-electron chi connectivity index (χ2n) is 7.75. The van der Waals surface area contributed by atoms with Gasteiger partial charge in [0.15, 0.2) is 0 Å². The Balaban J connectivity index is 1.73. The summed E-state index contributed by atoms with van der Waals surface area (Å²) >= 11 is 0. The van der Waals surface area contributed by atoms with Gasteiger partial charge in [-0.1, -0.05) is 36.8 Å². The van der Waals surface area contributed by atoms with Gasteiger partial charge in [-0.3, -0.25) is 4.79 Å². The Morgan fingerprint density at radius 1 is 1.17 bits per heavy atom. The summed E-state index contributed by atoms with van der Waals surface area (Å²) in [6.07, 6.45) is 4.63. The summed E-state index contributed by atoms with van der Waals surface area (Å²) in [7, 11) is 1.62. The minimum atomic E-state index is -0.479. The van der Waals surface area contributed by atoms with Gasteiger partial charge < -0.3 is 14.5 Å². The van der Waals surface area contributed by atoms with Crippen LogP contribution in [0.2, 0.25) is 0 Å². The fourth-order valence-electron chi connectivity index (χ4n) is 4.05. The van der Waals surface area contributed by atoms with Crippen LogP contribution >= 0.6 is 0 Å². The topological polar surface area (TPSA) is 32.8 Å². The van der Waals surface area contributed by atoms with Crippen molar-refractivity contribution in [1.29, 1.82) is 0 Å². The number of amides is 1. The summed E-state index contributed by atoms with van der Waals surface area (Å²) in [4.78, 5) is 17.4. The van der Waals surface area contributed by atoms with Gasteiger partial charge in [-0.05, 0) is 50.9 Å². The van der Waals surface area contributed by atoms with Crippen LogP contribution in [-0.4, -0.2) is 48.5 Å². The standard InChI is InChI=1S/C24H31FN2O2/c1-19-10-7-8-15-26(19)16-9-17-27(18-20-11-3-6-14-23(20)29-2)24(28)21-12-4-5-13-22(21)25/h3-6,11-14,19H,7-10,15-18H2,1-2H3. The van der Waals surface area contributed by atoms with Crippen molar-refractivity contribution >= 4 is 5.91 Å². The van der Waals surface area contributed by atoms with Crippen molar-refractivity contribution in [2.45, 2.75) is 45.2 Å². The van der Waals surface area contributed by atoms with Crippen LogP contribution in [0.1, 0.15) is 48.5 Å². The van der Waals surface area contributed by atoms with Gasteiger partial charge >= 0.3 is 0 Å². The third-order valence-corrected chi connectivity index (χ3v) is 5.76. The molecule has 29 heavy (non-hydrogen) atoms. The van der Waals surface area contributed by atoms with Gasteiger partial charge in [-0.15, -0.1) is 0 Å². The van der Waals surface area contributed by atoms with Crippen molar-refractivity contribution < 1.29 is 13.9 Å². The number of hydrogen-bond donors (Lipinski definition) is 0. The Bertz CT molecular complexity index is 811. The molecule has 1 heterocycles. The number of likely N-dealkylation sites (tertiary alicyclic amines) is 1. The van der Waals surface area contributed by atoms with Gasteiger partial charge in [0, 0.05) is 31.2 Å². The predicted octanol–water partition coefficient (Wildman–Crippen LogP) is 4.74. The first-order chi connectivity index (χ1) is 14.1. The molecule has 1 saturated heterocycles. The van der Waals surface area contributed by atoms with Gasteiger partial charge in [-0.2, -0.15) is 0 Å². The van der Waals surface area contributed by atoms with E-state index in [0.29, 0.717) is 19.1 Å². The number of nitrogens with zero attached hydrogens (tertiary/aromatic N) is 2. The number of carbonyl (C=O) groups excluding carboxylic acids is 1. The lowest BCUT2D eigenvalue weighted by molar-refractivity contribution is 0.0720. The van der Waals surface area contributed by atoms with Crippen molar-refractivity contribution in [3.63, 3.8) is 0 Å². The van der Waals surface area contributed by atoms with Crippen LogP contribution in [0.4, 0.5) is 4.39 Å². The number of carbonyl (C=O) groups is 1. The second kappa shape index (κ2) is 10.4. The molecule has 1 amide bonds. The monoisotopic (exact) mass is 398 g/mol. The van der Waals surface area contributed by atoms with E-state index in [1.54, 1.807) is 30.2 Å². The molecule has 5 heteroatoms. The minimum Gasteiger partial charge on any atom is -0.496 e. The maximum Gasteiger partial charge on any atom is 0.257 e. The Kier molecular flexibility index (Phi) is 7.64. The highest BCUT2D eigenvalue weighted by atomic mass is 19.1. The number of halogens is 1.